The van der Waals surface area contributed by atoms with Crippen molar-refractivity contribution in [1.29, 1.82) is 0 Å². The van der Waals surface area contributed by atoms with Crippen LogP contribution < -0.4 is 10.6 Å². The number of anilines is 2. The summed E-state index contributed by atoms with van der Waals surface area (Å²) in [6.45, 7) is 6.42. The Morgan fingerprint density at radius 1 is 1.38 bits per heavy atom. The van der Waals surface area contributed by atoms with E-state index in [1.54, 1.807) is 0 Å². The summed E-state index contributed by atoms with van der Waals surface area (Å²) in [5, 5.41) is 6.53. The fourth-order valence-corrected chi connectivity index (χ4v) is 2.66. The van der Waals surface area contributed by atoms with Gasteiger partial charge >= 0.3 is 0 Å². The maximum absolute atomic E-state index is 5.40. The van der Waals surface area contributed by atoms with Crippen LogP contribution in [0.5, 0.6) is 0 Å². The van der Waals surface area contributed by atoms with Gasteiger partial charge in [0.05, 0.1) is 0 Å². The average Bonchev–Trinajstić information content (AvgIpc) is 2.51. The molecule has 1 fully saturated rings. The summed E-state index contributed by atoms with van der Waals surface area (Å²) < 4.78 is 5.40. The van der Waals surface area contributed by atoms with Gasteiger partial charge in [0.25, 0.3) is 0 Å². The molecule has 0 saturated carbocycles. The quantitative estimate of drug-likeness (QED) is 0.799. The zero-order valence-electron chi connectivity index (χ0n) is 13.4. The van der Waals surface area contributed by atoms with Gasteiger partial charge in [0, 0.05) is 32.8 Å². The first-order chi connectivity index (χ1) is 10.2. The van der Waals surface area contributed by atoms with Crippen molar-refractivity contribution in [3.05, 3.63) is 11.9 Å². The van der Waals surface area contributed by atoms with E-state index in [1.165, 1.54) is 19.4 Å². The normalized spacial score (nSPS) is 19.5. The highest BCUT2D eigenvalue weighted by Crippen LogP contribution is 2.17. The van der Waals surface area contributed by atoms with Crippen LogP contribution in [0.2, 0.25) is 0 Å². The highest BCUT2D eigenvalue weighted by atomic mass is 16.5. The highest BCUT2D eigenvalue weighted by Gasteiger charge is 2.17. The van der Waals surface area contributed by atoms with E-state index < -0.39 is 0 Å². The standard InChI is InChI=1S/C15H27N5O/c1-4-21-11-15-18-13(16-2)8-14(19-15)17-9-12-6-5-7-20(3)10-12/h8,12H,4-7,9-11H2,1-3H3,(H2,16,17,18,19). The summed E-state index contributed by atoms with van der Waals surface area (Å²) in [6.07, 6.45) is 2.57. The molecule has 0 bridgehead atoms. The number of piperidine rings is 1. The van der Waals surface area contributed by atoms with Gasteiger partial charge in [-0.1, -0.05) is 0 Å². The first-order valence-corrected chi connectivity index (χ1v) is 7.77. The number of hydrogen-bond donors (Lipinski definition) is 2. The predicted octanol–water partition coefficient (Wildman–Crippen LogP) is 1.81. The molecule has 21 heavy (non-hydrogen) atoms. The number of aromatic nitrogens is 2. The predicted molar refractivity (Wildman–Crippen MR) is 85.6 cm³/mol. The van der Waals surface area contributed by atoms with Crippen LogP contribution in [-0.2, 0) is 11.3 Å². The lowest BCUT2D eigenvalue weighted by Crippen LogP contribution is -2.35. The van der Waals surface area contributed by atoms with Crippen molar-refractivity contribution in [3.8, 4) is 0 Å². The third-order valence-corrected chi connectivity index (χ3v) is 3.76. The van der Waals surface area contributed by atoms with Crippen molar-refractivity contribution in [1.82, 2.24) is 14.9 Å². The first kappa shape index (κ1) is 16.0. The summed E-state index contributed by atoms with van der Waals surface area (Å²) in [6, 6.07) is 1.95. The summed E-state index contributed by atoms with van der Waals surface area (Å²) >= 11 is 0. The van der Waals surface area contributed by atoms with Crippen LogP contribution in [0.4, 0.5) is 11.6 Å². The summed E-state index contributed by atoms with van der Waals surface area (Å²) in [5.41, 5.74) is 0. The number of nitrogens with zero attached hydrogens (tertiary/aromatic N) is 3. The maximum atomic E-state index is 5.40. The molecule has 6 nitrogen and oxygen atoms in total. The molecule has 0 amide bonds. The Bertz CT molecular complexity index is 440. The van der Waals surface area contributed by atoms with E-state index in [1.807, 2.05) is 20.0 Å². The van der Waals surface area contributed by atoms with Gasteiger partial charge in [-0.15, -0.1) is 0 Å². The van der Waals surface area contributed by atoms with E-state index in [4.69, 9.17) is 4.74 Å². The van der Waals surface area contributed by atoms with Gasteiger partial charge in [0.1, 0.15) is 18.2 Å². The molecular weight excluding hydrogens is 266 g/mol. The van der Waals surface area contributed by atoms with Gasteiger partial charge in [0.2, 0.25) is 0 Å². The summed E-state index contributed by atoms with van der Waals surface area (Å²) in [7, 11) is 4.06. The van der Waals surface area contributed by atoms with Crippen LogP contribution in [0.25, 0.3) is 0 Å². The number of hydrogen-bond acceptors (Lipinski definition) is 6. The van der Waals surface area contributed by atoms with Gasteiger partial charge in [0.15, 0.2) is 5.82 Å². The van der Waals surface area contributed by atoms with Crippen LogP contribution in [0.1, 0.15) is 25.6 Å². The second kappa shape index (κ2) is 8.14. The van der Waals surface area contributed by atoms with Crippen molar-refractivity contribution in [2.75, 3.05) is 51.0 Å². The van der Waals surface area contributed by atoms with Crippen molar-refractivity contribution in [2.24, 2.45) is 5.92 Å². The molecule has 1 unspecified atom stereocenters. The largest absolute Gasteiger partial charge is 0.374 e. The van der Waals surface area contributed by atoms with Crippen LogP contribution in [-0.4, -0.2) is 55.2 Å². The molecule has 1 aliphatic heterocycles. The molecule has 0 aliphatic carbocycles. The molecule has 2 rings (SSSR count). The molecule has 1 saturated heterocycles. The molecule has 1 aromatic rings. The van der Waals surface area contributed by atoms with Crippen LogP contribution >= 0.6 is 0 Å². The molecule has 0 spiro atoms. The molecular formula is C15H27N5O. The zero-order valence-corrected chi connectivity index (χ0v) is 13.4. The Balaban J connectivity index is 1.94. The van der Waals surface area contributed by atoms with Crippen LogP contribution in [0.3, 0.4) is 0 Å². The number of likely N-dealkylation sites (tertiary alicyclic amines) is 1. The monoisotopic (exact) mass is 293 g/mol. The molecule has 6 heteroatoms. The first-order valence-electron chi connectivity index (χ1n) is 7.77. The molecule has 0 aromatic carbocycles. The zero-order chi connectivity index (χ0) is 15.1. The molecule has 1 aliphatic rings. The summed E-state index contributed by atoms with van der Waals surface area (Å²) in [4.78, 5) is 11.3. The second-order valence-electron chi connectivity index (χ2n) is 5.59. The fraction of sp³-hybridized carbons (Fsp3) is 0.733. The molecule has 118 valence electrons. The van der Waals surface area contributed by atoms with E-state index in [0.717, 1.165) is 24.7 Å². The molecule has 1 atom stereocenters. The van der Waals surface area contributed by atoms with E-state index in [2.05, 4.69) is 32.5 Å². The van der Waals surface area contributed by atoms with Crippen molar-refractivity contribution < 1.29 is 4.74 Å². The topological polar surface area (TPSA) is 62.3 Å². The fourth-order valence-electron chi connectivity index (χ4n) is 2.66. The van der Waals surface area contributed by atoms with E-state index in [-0.39, 0.29) is 0 Å². The minimum Gasteiger partial charge on any atom is -0.374 e. The van der Waals surface area contributed by atoms with Crippen molar-refractivity contribution in [3.63, 3.8) is 0 Å². The minimum absolute atomic E-state index is 0.451. The average molecular weight is 293 g/mol. The molecule has 0 radical (unpaired) electrons. The summed E-state index contributed by atoms with van der Waals surface area (Å²) in [5.74, 6) is 3.10. The smallest absolute Gasteiger partial charge is 0.158 e. The lowest BCUT2D eigenvalue weighted by molar-refractivity contribution is 0.128. The Labute approximate surface area is 127 Å². The number of ether oxygens (including phenoxy) is 1. The van der Waals surface area contributed by atoms with E-state index in [0.29, 0.717) is 25.0 Å². The second-order valence-corrected chi connectivity index (χ2v) is 5.59. The van der Waals surface area contributed by atoms with Crippen LogP contribution in [0, 0.1) is 5.92 Å². The number of nitrogens with one attached hydrogen (secondary N) is 2. The highest BCUT2D eigenvalue weighted by molar-refractivity contribution is 5.47. The van der Waals surface area contributed by atoms with Gasteiger partial charge in [-0.2, -0.15) is 0 Å². The van der Waals surface area contributed by atoms with Gasteiger partial charge in [-0.05, 0) is 39.3 Å². The Morgan fingerprint density at radius 2 is 2.19 bits per heavy atom. The molecule has 2 N–H and O–H groups in total. The lowest BCUT2D eigenvalue weighted by atomic mass is 9.98. The van der Waals surface area contributed by atoms with Gasteiger partial charge < -0.3 is 20.3 Å². The molecule has 2 heterocycles. The van der Waals surface area contributed by atoms with Crippen LogP contribution in [0.15, 0.2) is 6.07 Å². The number of rotatable bonds is 7. The third kappa shape index (κ3) is 5.13. The van der Waals surface area contributed by atoms with E-state index >= 15 is 0 Å². The van der Waals surface area contributed by atoms with Gasteiger partial charge in [-0.3, -0.25) is 0 Å². The Hall–Kier alpha value is -1.40. The molecule has 1 aromatic heterocycles. The Kier molecular flexibility index (Phi) is 6.20. The third-order valence-electron chi connectivity index (χ3n) is 3.76. The minimum atomic E-state index is 0.451. The Morgan fingerprint density at radius 3 is 2.90 bits per heavy atom. The van der Waals surface area contributed by atoms with Crippen molar-refractivity contribution in [2.45, 2.75) is 26.4 Å². The maximum Gasteiger partial charge on any atom is 0.158 e. The van der Waals surface area contributed by atoms with Gasteiger partial charge in [-0.25, -0.2) is 9.97 Å². The van der Waals surface area contributed by atoms with E-state index in [9.17, 15) is 0 Å². The lowest BCUT2D eigenvalue weighted by Gasteiger charge is -2.29. The SMILES string of the molecule is CCOCc1nc(NC)cc(NCC2CCCN(C)C2)n1. The van der Waals surface area contributed by atoms with Crippen molar-refractivity contribution >= 4 is 11.6 Å².